The fourth-order valence-corrected chi connectivity index (χ4v) is 3.56. The highest BCUT2D eigenvalue weighted by Crippen LogP contribution is 2.35. The summed E-state index contributed by atoms with van der Waals surface area (Å²) in [4.78, 5) is 4.39. The lowest BCUT2D eigenvalue weighted by molar-refractivity contribution is 0.470. The Morgan fingerprint density at radius 2 is 1.89 bits per heavy atom. The third-order valence-corrected chi connectivity index (χ3v) is 4.00. The first kappa shape index (κ1) is 12.2. The summed E-state index contributed by atoms with van der Waals surface area (Å²) in [6, 6.07) is 11.3. The number of benzene rings is 2. The maximum absolute atomic E-state index is 10.1. The van der Waals surface area contributed by atoms with Gasteiger partial charge in [-0.3, -0.25) is 0 Å². The molecular weight excluding hydrogens is 456 g/mol. The molecule has 0 saturated carbocycles. The topological polar surface area (TPSA) is 46.3 Å². The van der Waals surface area contributed by atoms with Gasteiger partial charge >= 0.3 is 0 Å². The number of phenolic OH excluding ortho intramolecular Hbond substituents is 1. The van der Waals surface area contributed by atoms with Crippen molar-refractivity contribution in [3.8, 4) is 17.2 Å². The van der Waals surface area contributed by atoms with Crippen molar-refractivity contribution in [3.05, 3.63) is 43.5 Å². The Morgan fingerprint density at radius 1 is 1.11 bits per heavy atom. The average molecular weight is 463 g/mol. The summed E-state index contributed by atoms with van der Waals surface area (Å²) in [5.74, 6) is 0.660. The van der Waals surface area contributed by atoms with Crippen LogP contribution in [0.5, 0.6) is 5.75 Å². The highest BCUT2D eigenvalue weighted by atomic mass is 127. The van der Waals surface area contributed by atoms with Crippen LogP contribution in [0, 0.1) is 7.14 Å². The highest BCUT2D eigenvalue weighted by Gasteiger charge is 2.15. The average Bonchev–Trinajstić information content (AvgIpc) is 2.77. The Hall–Kier alpha value is -0.830. The maximum Gasteiger partial charge on any atom is 0.231 e. The molecule has 1 aromatic heterocycles. The summed E-state index contributed by atoms with van der Waals surface area (Å²) >= 11 is 4.30. The molecular formula is C13H7I2NO2. The Bertz CT molecular complexity index is 704. The molecule has 0 aliphatic heterocycles. The zero-order valence-corrected chi connectivity index (χ0v) is 13.3. The molecule has 0 spiro atoms. The number of oxazole rings is 1. The molecule has 0 aliphatic carbocycles. The fourth-order valence-electron chi connectivity index (χ4n) is 1.72. The molecule has 1 N–H and O–H groups in total. The fraction of sp³-hybridized carbons (Fsp3) is 0. The van der Waals surface area contributed by atoms with E-state index in [1.54, 1.807) is 0 Å². The largest absolute Gasteiger partial charge is 0.506 e. The SMILES string of the molecule is Oc1c(I)cc(I)cc1-c1nc2ccccc2o1. The second-order valence-electron chi connectivity index (χ2n) is 3.77. The summed E-state index contributed by atoms with van der Waals surface area (Å²) in [6.07, 6.45) is 0. The zero-order chi connectivity index (χ0) is 12.7. The molecule has 0 aliphatic rings. The van der Waals surface area contributed by atoms with Crippen LogP contribution in [0.25, 0.3) is 22.6 Å². The number of phenols is 1. The van der Waals surface area contributed by atoms with Gasteiger partial charge in [-0.15, -0.1) is 0 Å². The van der Waals surface area contributed by atoms with Crippen LogP contribution in [0.15, 0.2) is 40.8 Å². The molecule has 0 bridgehead atoms. The minimum atomic E-state index is 0.211. The molecule has 90 valence electrons. The van der Waals surface area contributed by atoms with Gasteiger partial charge in [0, 0.05) is 3.57 Å². The number of aromatic hydroxyl groups is 1. The van der Waals surface area contributed by atoms with E-state index in [-0.39, 0.29) is 5.75 Å². The molecule has 18 heavy (non-hydrogen) atoms. The Balaban J connectivity index is 2.26. The second kappa shape index (κ2) is 4.69. The van der Waals surface area contributed by atoms with Crippen molar-refractivity contribution < 1.29 is 9.52 Å². The first-order chi connectivity index (χ1) is 8.65. The van der Waals surface area contributed by atoms with Crippen molar-refractivity contribution in [1.29, 1.82) is 0 Å². The molecule has 0 unspecified atom stereocenters. The minimum absolute atomic E-state index is 0.211. The number of hydrogen-bond acceptors (Lipinski definition) is 3. The number of aromatic nitrogens is 1. The molecule has 1 heterocycles. The monoisotopic (exact) mass is 463 g/mol. The van der Waals surface area contributed by atoms with Crippen LogP contribution >= 0.6 is 45.2 Å². The number of halogens is 2. The Labute approximate surface area is 131 Å². The normalized spacial score (nSPS) is 11.0. The van der Waals surface area contributed by atoms with Crippen LogP contribution in [0.1, 0.15) is 0 Å². The van der Waals surface area contributed by atoms with E-state index < -0.39 is 0 Å². The van der Waals surface area contributed by atoms with Crippen LogP contribution in [0.2, 0.25) is 0 Å². The lowest BCUT2D eigenvalue weighted by atomic mass is 10.2. The third kappa shape index (κ3) is 2.09. The smallest absolute Gasteiger partial charge is 0.231 e. The standard InChI is InChI=1S/C13H7I2NO2/c14-7-5-8(12(17)9(15)6-7)13-16-10-3-1-2-4-11(10)18-13/h1-6,17H. The van der Waals surface area contributed by atoms with Crippen LogP contribution in [0.4, 0.5) is 0 Å². The van der Waals surface area contributed by atoms with E-state index in [0.29, 0.717) is 11.5 Å². The summed E-state index contributed by atoms with van der Waals surface area (Å²) in [5.41, 5.74) is 2.14. The van der Waals surface area contributed by atoms with E-state index >= 15 is 0 Å². The first-order valence-electron chi connectivity index (χ1n) is 5.19. The molecule has 0 radical (unpaired) electrons. The number of para-hydroxylation sites is 2. The second-order valence-corrected chi connectivity index (χ2v) is 6.18. The summed E-state index contributed by atoms with van der Waals surface area (Å²) in [5, 5.41) is 10.1. The van der Waals surface area contributed by atoms with Gasteiger partial charge in [0.25, 0.3) is 0 Å². The van der Waals surface area contributed by atoms with Gasteiger partial charge in [0.2, 0.25) is 5.89 Å². The van der Waals surface area contributed by atoms with Crippen LogP contribution in [-0.4, -0.2) is 10.1 Å². The predicted molar refractivity (Wildman–Crippen MR) is 86.5 cm³/mol. The minimum Gasteiger partial charge on any atom is -0.506 e. The van der Waals surface area contributed by atoms with Gasteiger partial charge in [-0.05, 0) is 69.4 Å². The molecule has 3 aromatic rings. The lowest BCUT2D eigenvalue weighted by Gasteiger charge is -2.03. The summed E-state index contributed by atoms with van der Waals surface area (Å²) < 4.78 is 7.49. The van der Waals surface area contributed by atoms with Gasteiger partial charge < -0.3 is 9.52 Å². The third-order valence-electron chi connectivity index (χ3n) is 2.55. The molecule has 5 heteroatoms. The molecule has 2 aromatic carbocycles. The predicted octanol–water partition coefficient (Wildman–Crippen LogP) is 4.41. The number of fused-ring (bicyclic) bond motifs is 1. The number of hydrogen-bond donors (Lipinski definition) is 1. The number of rotatable bonds is 1. The maximum atomic E-state index is 10.1. The van der Waals surface area contributed by atoms with Crippen LogP contribution in [-0.2, 0) is 0 Å². The van der Waals surface area contributed by atoms with Crippen LogP contribution in [0.3, 0.4) is 0 Å². The van der Waals surface area contributed by atoms with Gasteiger partial charge in [0.1, 0.15) is 11.3 Å². The van der Waals surface area contributed by atoms with E-state index in [1.807, 2.05) is 36.4 Å². The zero-order valence-electron chi connectivity index (χ0n) is 9.02. The van der Waals surface area contributed by atoms with Gasteiger partial charge in [-0.2, -0.15) is 0 Å². The van der Waals surface area contributed by atoms with Crippen molar-refractivity contribution in [3.63, 3.8) is 0 Å². The van der Waals surface area contributed by atoms with Crippen LogP contribution < -0.4 is 0 Å². The molecule has 0 fully saturated rings. The lowest BCUT2D eigenvalue weighted by Crippen LogP contribution is -1.84. The Kier molecular flexibility index (Phi) is 3.18. The van der Waals surface area contributed by atoms with Gasteiger partial charge in [-0.1, -0.05) is 12.1 Å². The van der Waals surface area contributed by atoms with Gasteiger partial charge in [-0.25, -0.2) is 4.98 Å². The van der Waals surface area contributed by atoms with E-state index in [9.17, 15) is 5.11 Å². The molecule has 0 amide bonds. The molecule has 3 rings (SSSR count). The van der Waals surface area contributed by atoms with Gasteiger partial charge in [0.05, 0.1) is 9.13 Å². The van der Waals surface area contributed by atoms with Crippen molar-refractivity contribution in [1.82, 2.24) is 4.98 Å². The quantitative estimate of drug-likeness (QED) is 0.545. The van der Waals surface area contributed by atoms with Crippen molar-refractivity contribution in [2.45, 2.75) is 0 Å². The molecule has 3 nitrogen and oxygen atoms in total. The summed E-state index contributed by atoms with van der Waals surface area (Å²) in [6.45, 7) is 0. The van der Waals surface area contributed by atoms with Crippen molar-refractivity contribution in [2.24, 2.45) is 0 Å². The van der Waals surface area contributed by atoms with Crippen molar-refractivity contribution in [2.75, 3.05) is 0 Å². The van der Waals surface area contributed by atoms with E-state index in [0.717, 1.165) is 18.2 Å². The summed E-state index contributed by atoms with van der Waals surface area (Å²) in [7, 11) is 0. The molecule has 0 atom stereocenters. The first-order valence-corrected chi connectivity index (χ1v) is 7.35. The Morgan fingerprint density at radius 3 is 2.67 bits per heavy atom. The highest BCUT2D eigenvalue weighted by molar-refractivity contribution is 14.1. The van der Waals surface area contributed by atoms with E-state index in [1.165, 1.54) is 0 Å². The number of nitrogens with zero attached hydrogens (tertiary/aromatic N) is 1. The van der Waals surface area contributed by atoms with E-state index in [2.05, 4.69) is 50.2 Å². The van der Waals surface area contributed by atoms with Gasteiger partial charge in [0.15, 0.2) is 5.58 Å². The van der Waals surface area contributed by atoms with Crippen molar-refractivity contribution >= 4 is 56.3 Å². The molecule has 0 saturated heterocycles. The van der Waals surface area contributed by atoms with E-state index in [4.69, 9.17) is 4.42 Å².